The Morgan fingerprint density at radius 3 is 3.31 bits per heavy atom. The van der Waals surface area contributed by atoms with Crippen LogP contribution in [0.2, 0.25) is 0 Å². The number of benzene rings is 1. The van der Waals surface area contributed by atoms with Gasteiger partial charge >= 0.3 is 0 Å². The minimum absolute atomic E-state index is 0.0460. The Morgan fingerprint density at radius 1 is 1.54 bits per heavy atom. The molecule has 2 unspecified atom stereocenters. The first-order valence-electron chi connectivity index (χ1n) is 5.17. The SMILES string of the molecule is [2H]C12CC1C=Cc1cccc(CO)c12. The third-order valence-corrected chi connectivity index (χ3v) is 2.91. The number of hydrogen-bond acceptors (Lipinski definition) is 1. The molecule has 1 saturated carbocycles. The van der Waals surface area contributed by atoms with Crippen LogP contribution in [-0.2, 0) is 6.61 Å². The molecule has 2 aliphatic rings. The monoisotopic (exact) mass is 173 g/mol. The molecule has 1 aromatic rings. The van der Waals surface area contributed by atoms with Gasteiger partial charge in [-0.3, -0.25) is 0 Å². The molecule has 1 nitrogen and oxygen atoms in total. The lowest BCUT2D eigenvalue weighted by molar-refractivity contribution is 0.280. The summed E-state index contributed by atoms with van der Waals surface area (Å²) >= 11 is 0. The zero-order chi connectivity index (χ0) is 9.76. The standard InChI is InChI=1S/C12H12O/c13-7-10-3-1-2-8-4-5-9-6-11(9)12(8)10/h1-5,9,11,13H,6-7H2/i11D. The molecule has 66 valence electrons. The molecule has 1 heteroatoms. The Hall–Kier alpha value is -1.08. The minimum Gasteiger partial charge on any atom is -0.392 e. The van der Waals surface area contributed by atoms with Crippen molar-refractivity contribution in [1.82, 2.24) is 0 Å². The quantitative estimate of drug-likeness (QED) is 0.691. The van der Waals surface area contributed by atoms with Gasteiger partial charge in [-0.05, 0) is 34.9 Å². The van der Waals surface area contributed by atoms with E-state index >= 15 is 0 Å². The van der Waals surface area contributed by atoms with E-state index in [1.807, 2.05) is 18.2 Å². The van der Waals surface area contributed by atoms with Gasteiger partial charge in [-0.2, -0.15) is 0 Å². The summed E-state index contributed by atoms with van der Waals surface area (Å²) in [5.74, 6) is -0.0497. The zero-order valence-corrected chi connectivity index (χ0v) is 7.33. The summed E-state index contributed by atoms with van der Waals surface area (Å²) in [5.41, 5.74) is 3.08. The van der Waals surface area contributed by atoms with Crippen molar-refractivity contribution in [1.29, 1.82) is 0 Å². The van der Waals surface area contributed by atoms with E-state index in [0.717, 1.165) is 23.1 Å². The van der Waals surface area contributed by atoms with Crippen LogP contribution < -0.4 is 0 Å². The summed E-state index contributed by atoms with van der Waals surface area (Å²) in [6.07, 6.45) is 5.11. The predicted octanol–water partition coefficient (Wildman–Crippen LogP) is 2.31. The van der Waals surface area contributed by atoms with Crippen LogP contribution >= 0.6 is 0 Å². The van der Waals surface area contributed by atoms with Crippen molar-refractivity contribution in [2.45, 2.75) is 18.9 Å². The predicted molar refractivity (Wildman–Crippen MR) is 52.2 cm³/mol. The molecule has 0 saturated heterocycles. The molecule has 1 aromatic carbocycles. The molecule has 1 N–H and O–H groups in total. The van der Waals surface area contributed by atoms with E-state index < -0.39 is 5.89 Å². The van der Waals surface area contributed by atoms with Gasteiger partial charge in [-0.25, -0.2) is 0 Å². The first kappa shape index (κ1) is 6.39. The fourth-order valence-electron chi connectivity index (χ4n) is 2.15. The van der Waals surface area contributed by atoms with Gasteiger partial charge in [0.15, 0.2) is 0 Å². The maximum Gasteiger partial charge on any atom is 0.0684 e. The van der Waals surface area contributed by atoms with Gasteiger partial charge < -0.3 is 5.11 Å². The number of fused-ring (bicyclic) bond motifs is 3. The second kappa shape index (κ2) is 2.46. The highest BCUT2D eigenvalue weighted by molar-refractivity contribution is 5.63. The molecule has 2 atom stereocenters. The Bertz CT molecular complexity index is 424. The van der Waals surface area contributed by atoms with Crippen molar-refractivity contribution < 1.29 is 6.48 Å². The average molecular weight is 173 g/mol. The van der Waals surface area contributed by atoms with E-state index in [2.05, 4.69) is 12.2 Å². The van der Waals surface area contributed by atoms with Crippen LogP contribution in [0.4, 0.5) is 0 Å². The number of aliphatic hydroxyl groups is 1. The highest BCUT2D eigenvalue weighted by Gasteiger charge is 2.40. The van der Waals surface area contributed by atoms with Crippen LogP contribution in [0.3, 0.4) is 0 Å². The van der Waals surface area contributed by atoms with E-state index in [4.69, 9.17) is 1.37 Å². The van der Waals surface area contributed by atoms with Crippen molar-refractivity contribution in [2.75, 3.05) is 0 Å². The minimum atomic E-state index is -0.427. The lowest BCUT2D eigenvalue weighted by atomic mass is 9.93. The summed E-state index contributed by atoms with van der Waals surface area (Å²) in [7, 11) is 0. The van der Waals surface area contributed by atoms with Crippen molar-refractivity contribution in [3.05, 3.63) is 41.0 Å². The molecule has 0 spiro atoms. The van der Waals surface area contributed by atoms with Crippen molar-refractivity contribution in [3.8, 4) is 0 Å². The van der Waals surface area contributed by atoms with Gasteiger partial charge in [0.2, 0.25) is 0 Å². The van der Waals surface area contributed by atoms with Crippen LogP contribution in [0.5, 0.6) is 0 Å². The fourth-order valence-corrected chi connectivity index (χ4v) is 2.15. The van der Waals surface area contributed by atoms with Gasteiger partial charge in [0.25, 0.3) is 0 Å². The van der Waals surface area contributed by atoms with Gasteiger partial charge in [0.1, 0.15) is 0 Å². The number of aliphatic hydroxyl groups excluding tert-OH is 1. The van der Waals surface area contributed by atoms with Gasteiger partial charge in [0.05, 0.1) is 6.61 Å². The number of allylic oxidation sites excluding steroid dienone is 1. The molecule has 0 bridgehead atoms. The molecule has 13 heavy (non-hydrogen) atoms. The number of rotatable bonds is 1. The second-order valence-corrected chi connectivity index (χ2v) is 3.73. The normalized spacial score (nSPS) is 34.8. The smallest absolute Gasteiger partial charge is 0.0684 e. The molecular formula is C12H12O. The highest BCUT2D eigenvalue weighted by Crippen LogP contribution is 2.53. The molecular weight excluding hydrogens is 160 g/mol. The lowest BCUT2D eigenvalue weighted by Gasteiger charge is -2.13. The Morgan fingerprint density at radius 2 is 2.46 bits per heavy atom. The van der Waals surface area contributed by atoms with E-state index in [0.29, 0.717) is 5.92 Å². The first-order chi connectivity index (χ1) is 6.75. The van der Waals surface area contributed by atoms with Crippen molar-refractivity contribution >= 4 is 6.08 Å². The van der Waals surface area contributed by atoms with Gasteiger partial charge in [-0.15, -0.1) is 0 Å². The van der Waals surface area contributed by atoms with E-state index in [1.165, 1.54) is 0 Å². The molecule has 0 aliphatic heterocycles. The van der Waals surface area contributed by atoms with Crippen LogP contribution in [0.25, 0.3) is 6.08 Å². The lowest BCUT2D eigenvalue weighted by Crippen LogP contribution is -1.98. The Balaban J connectivity index is 2.26. The Labute approximate surface area is 79.1 Å². The summed E-state index contributed by atoms with van der Waals surface area (Å²) < 4.78 is 8.26. The number of hydrogen-bond donors (Lipinski definition) is 1. The largest absolute Gasteiger partial charge is 0.392 e. The maximum absolute atomic E-state index is 9.24. The van der Waals surface area contributed by atoms with Crippen LogP contribution in [0, 0.1) is 5.92 Å². The average Bonchev–Trinajstić information content (AvgIpc) is 2.89. The fraction of sp³-hybridized carbons (Fsp3) is 0.333. The second-order valence-electron chi connectivity index (χ2n) is 3.73. The zero-order valence-electron chi connectivity index (χ0n) is 8.33. The molecule has 0 radical (unpaired) electrons. The summed E-state index contributed by atoms with van der Waals surface area (Å²) in [6, 6.07) is 5.89. The molecule has 0 aromatic heterocycles. The van der Waals surface area contributed by atoms with E-state index in [1.54, 1.807) is 0 Å². The summed E-state index contributed by atoms with van der Waals surface area (Å²) in [5, 5.41) is 9.24. The van der Waals surface area contributed by atoms with Gasteiger partial charge in [0, 0.05) is 1.37 Å². The van der Waals surface area contributed by atoms with E-state index in [9.17, 15) is 5.11 Å². The molecule has 1 fully saturated rings. The summed E-state index contributed by atoms with van der Waals surface area (Å²) in [4.78, 5) is 0. The molecule has 0 heterocycles. The maximum atomic E-state index is 9.24. The Kier molecular flexibility index (Phi) is 1.21. The third-order valence-electron chi connectivity index (χ3n) is 2.91. The summed E-state index contributed by atoms with van der Waals surface area (Å²) in [6.45, 7) is 0.0460. The van der Waals surface area contributed by atoms with Crippen molar-refractivity contribution in [3.63, 3.8) is 0 Å². The molecule has 0 amide bonds. The third kappa shape index (κ3) is 0.971. The molecule has 3 rings (SSSR count). The van der Waals surface area contributed by atoms with Crippen LogP contribution in [-0.4, -0.2) is 5.11 Å². The van der Waals surface area contributed by atoms with Gasteiger partial charge in [-0.1, -0.05) is 30.4 Å². The molecule has 2 aliphatic carbocycles. The van der Waals surface area contributed by atoms with Crippen LogP contribution in [0.15, 0.2) is 24.3 Å². The van der Waals surface area contributed by atoms with E-state index in [-0.39, 0.29) is 6.61 Å². The topological polar surface area (TPSA) is 20.2 Å². The first-order valence-corrected chi connectivity index (χ1v) is 4.67. The highest BCUT2D eigenvalue weighted by atomic mass is 16.3. The van der Waals surface area contributed by atoms with Crippen molar-refractivity contribution in [2.24, 2.45) is 5.92 Å². The van der Waals surface area contributed by atoms with Crippen LogP contribution in [0.1, 0.15) is 30.4 Å².